The van der Waals surface area contributed by atoms with Crippen molar-refractivity contribution in [3.63, 3.8) is 0 Å². The number of nitrogens with one attached hydrogen (secondary N) is 2. The Labute approximate surface area is 165 Å². The topological polar surface area (TPSA) is 97.4 Å². The van der Waals surface area contributed by atoms with Gasteiger partial charge in [0.05, 0.1) is 16.1 Å². The number of ether oxygens (including phenoxy) is 1. The molecule has 2 amide bonds. The van der Waals surface area contributed by atoms with Gasteiger partial charge in [-0.1, -0.05) is 6.07 Å². The van der Waals surface area contributed by atoms with Gasteiger partial charge >= 0.3 is 5.97 Å². The molecule has 2 N–H and O–H groups in total. The van der Waals surface area contributed by atoms with E-state index in [0.29, 0.717) is 10.6 Å². The van der Waals surface area contributed by atoms with E-state index >= 15 is 0 Å². The monoisotopic (exact) mass is 397 g/mol. The SMILES string of the molecule is Cc1ccc(C(=O)NCC(=O)OC(C)C(=O)Nc2cccc3ncccc23)s1. The normalized spacial score (nSPS) is 11.6. The highest BCUT2D eigenvalue weighted by molar-refractivity contribution is 7.13. The summed E-state index contributed by atoms with van der Waals surface area (Å²) in [6.07, 6.45) is 0.657. The Morgan fingerprint density at radius 1 is 1.14 bits per heavy atom. The zero-order valence-corrected chi connectivity index (χ0v) is 16.2. The van der Waals surface area contributed by atoms with E-state index in [4.69, 9.17) is 4.74 Å². The van der Waals surface area contributed by atoms with Crippen LogP contribution in [0.15, 0.2) is 48.7 Å². The van der Waals surface area contributed by atoms with Gasteiger partial charge in [0.1, 0.15) is 6.54 Å². The summed E-state index contributed by atoms with van der Waals surface area (Å²) in [6, 6.07) is 12.5. The minimum Gasteiger partial charge on any atom is -0.451 e. The molecule has 0 aliphatic heterocycles. The van der Waals surface area contributed by atoms with E-state index in [2.05, 4.69) is 15.6 Å². The maximum atomic E-state index is 12.4. The number of rotatable bonds is 6. The number of carbonyl (C=O) groups excluding carboxylic acids is 3. The highest BCUT2D eigenvalue weighted by Gasteiger charge is 2.19. The van der Waals surface area contributed by atoms with Crippen LogP contribution < -0.4 is 10.6 Å². The van der Waals surface area contributed by atoms with Gasteiger partial charge in [-0.3, -0.25) is 19.4 Å². The van der Waals surface area contributed by atoms with Crippen molar-refractivity contribution in [2.45, 2.75) is 20.0 Å². The van der Waals surface area contributed by atoms with Crippen molar-refractivity contribution in [2.24, 2.45) is 0 Å². The number of thiophene rings is 1. The Balaban J connectivity index is 1.53. The van der Waals surface area contributed by atoms with Crippen LogP contribution in [-0.4, -0.2) is 35.4 Å². The predicted octanol–water partition coefficient (Wildman–Crippen LogP) is 2.90. The Morgan fingerprint density at radius 2 is 1.96 bits per heavy atom. The molecule has 0 spiro atoms. The van der Waals surface area contributed by atoms with Gasteiger partial charge in [0.2, 0.25) is 0 Å². The van der Waals surface area contributed by atoms with Crippen LogP contribution in [0.5, 0.6) is 0 Å². The minimum atomic E-state index is -1.01. The van der Waals surface area contributed by atoms with Crippen molar-refractivity contribution in [1.29, 1.82) is 0 Å². The molecule has 144 valence electrons. The zero-order chi connectivity index (χ0) is 20.1. The molecule has 8 heteroatoms. The largest absolute Gasteiger partial charge is 0.451 e. The van der Waals surface area contributed by atoms with E-state index in [1.54, 1.807) is 30.5 Å². The maximum Gasteiger partial charge on any atom is 0.326 e. The lowest BCUT2D eigenvalue weighted by molar-refractivity contribution is -0.152. The van der Waals surface area contributed by atoms with Crippen molar-refractivity contribution in [2.75, 3.05) is 11.9 Å². The first-order valence-electron chi connectivity index (χ1n) is 8.63. The molecule has 3 aromatic rings. The van der Waals surface area contributed by atoms with Crippen LogP contribution in [0.3, 0.4) is 0 Å². The summed E-state index contributed by atoms with van der Waals surface area (Å²) in [5.41, 5.74) is 1.33. The second-order valence-electron chi connectivity index (χ2n) is 6.09. The van der Waals surface area contributed by atoms with Gasteiger partial charge in [-0.05, 0) is 50.2 Å². The second-order valence-corrected chi connectivity index (χ2v) is 7.38. The maximum absolute atomic E-state index is 12.4. The number of nitrogens with zero attached hydrogens (tertiary/aromatic N) is 1. The molecule has 0 saturated heterocycles. The molecule has 2 aromatic heterocycles. The van der Waals surface area contributed by atoms with Crippen LogP contribution >= 0.6 is 11.3 Å². The summed E-state index contributed by atoms with van der Waals surface area (Å²) in [6.45, 7) is 3.05. The van der Waals surface area contributed by atoms with Gasteiger partial charge in [-0.25, -0.2) is 0 Å². The number of hydrogen-bond donors (Lipinski definition) is 2. The predicted molar refractivity (Wildman–Crippen MR) is 107 cm³/mol. The molecule has 1 aromatic carbocycles. The Bertz CT molecular complexity index is 1030. The fourth-order valence-corrected chi connectivity index (χ4v) is 3.32. The molecule has 7 nitrogen and oxygen atoms in total. The minimum absolute atomic E-state index is 0.314. The van der Waals surface area contributed by atoms with Crippen molar-refractivity contribution >= 4 is 45.7 Å². The lowest BCUT2D eigenvalue weighted by Gasteiger charge is -2.14. The molecule has 0 aliphatic rings. The molecule has 2 heterocycles. The summed E-state index contributed by atoms with van der Waals surface area (Å²) in [5.74, 6) is -1.51. The zero-order valence-electron chi connectivity index (χ0n) is 15.4. The van der Waals surface area contributed by atoms with Crippen LogP contribution in [0.25, 0.3) is 10.9 Å². The first-order valence-corrected chi connectivity index (χ1v) is 9.44. The summed E-state index contributed by atoms with van der Waals surface area (Å²) in [5, 5.41) is 6.02. The molecule has 0 aliphatic carbocycles. The molecule has 0 fully saturated rings. The number of esters is 1. The van der Waals surface area contributed by atoms with Gasteiger partial charge in [0.15, 0.2) is 6.10 Å². The quantitative estimate of drug-likeness (QED) is 0.624. The van der Waals surface area contributed by atoms with Crippen LogP contribution in [0, 0.1) is 6.92 Å². The fourth-order valence-electron chi connectivity index (χ4n) is 2.54. The molecule has 3 rings (SSSR count). The highest BCUT2D eigenvalue weighted by atomic mass is 32.1. The molecule has 0 radical (unpaired) electrons. The third-order valence-electron chi connectivity index (χ3n) is 3.94. The third-order valence-corrected chi connectivity index (χ3v) is 4.94. The fraction of sp³-hybridized carbons (Fsp3) is 0.200. The van der Waals surface area contributed by atoms with E-state index in [1.165, 1.54) is 18.3 Å². The summed E-state index contributed by atoms with van der Waals surface area (Å²) >= 11 is 1.34. The molecular formula is C20H19N3O4S. The van der Waals surface area contributed by atoms with Crippen LogP contribution in [0.2, 0.25) is 0 Å². The van der Waals surface area contributed by atoms with E-state index in [-0.39, 0.29) is 12.5 Å². The van der Waals surface area contributed by atoms with E-state index in [9.17, 15) is 14.4 Å². The van der Waals surface area contributed by atoms with Gasteiger partial charge in [0, 0.05) is 16.5 Å². The molecular weight excluding hydrogens is 378 g/mol. The Morgan fingerprint density at radius 3 is 2.71 bits per heavy atom. The third kappa shape index (κ3) is 4.72. The second kappa shape index (κ2) is 8.62. The number of pyridine rings is 1. The average molecular weight is 397 g/mol. The van der Waals surface area contributed by atoms with Crippen LogP contribution in [-0.2, 0) is 14.3 Å². The van der Waals surface area contributed by atoms with E-state index < -0.39 is 18.0 Å². The van der Waals surface area contributed by atoms with Crippen LogP contribution in [0.1, 0.15) is 21.5 Å². The average Bonchev–Trinajstić information content (AvgIpc) is 3.13. The summed E-state index contributed by atoms with van der Waals surface area (Å²) < 4.78 is 5.11. The molecule has 0 saturated carbocycles. The van der Waals surface area contributed by atoms with E-state index in [1.807, 2.05) is 25.1 Å². The molecule has 28 heavy (non-hydrogen) atoms. The molecule has 1 atom stereocenters. The highest BCUT2D eigenvalue weighted by Crippen LogP contribution is 2.21. The first kappa shape index (κ1) is 19.5. The van der Waals surface area contributed by atoms with Gasteiger partial charge < -0.3 is 15.4 Å². The Kier molecular flexibility index (Phi) is 6.00. The number of aromatic nitrogens is 1. The number of carbonyl (C=O) groups is 3. The summed E-state index contributed by atoms with van der Waals surface area (Å²) in [7, 11) is 0. The number of hydrogen-bond acceptors (Lipinski definition) is 6. The van der Waals surface area contributed by atoms with Gasteiger partial charge in [0.25, 0.3) is 11.8 Å². The number of fused-ring (bicyclic) bond motifs is 1. The molecule has 1 unspecified atom stereocenters. The van der Waals surface area contributed by atoms with Crippen molar-refractivity contribution < 1.29 is 19.1 Å². The molecule has 0 bridgehead atoms. The van der Waals surface area contributed by atoms with E-state index in [0.717, 1.165) is 15.8 Å². The number of anilines is 1. The van der Waals surface area contributed by atoms with Gasteiger partial charge in [-0.2, -0.15) is 0 Å². The first-order chi connectivity index (χ1) is 13.4. The van der Waals surface area contributed by atoms with Crippen molar-refractivity contribution in [3.05, 3.63) is 58.4 Å². The Hall–Kier alpha value is -3.26. The lowest BCUT2D eigenvalue weighted by atomic mass is 10.2. The smallest absolute Gasteiger partial charge is 0.326 e. The van der Waals surface area contributed by atoms with Crippen molar-refractivity contribution in [3.8, 4) is 0 Å². The lowest BCUT2D eigenvalue weighted by Crippen LogP contribution is -2.35. The van der Waals surface area contributed by atoms with Crippen LogP contribution in [0.4, 0.5) is 5.69 Å². The number of amides is 2. The summed E-state index contributed by atoms with van der Waals surface area (Å²) in [4.78, 5) is 42.0. The van der Waals surface area contributed by atoms with Gasteiger partial charge in [-0.15, -0.1) is 11.3 Å². The number of aryl methyl sites for hydroxylation is 1. The van der Waals surface area contributed by atoms with Crippen molar-refractivity contribution in [1.82, 2.24) is 10.3 Å². The standard InChI is InChI=1S/C20H19N3O4S/c1-12-8-9-17(28-12)20(26)22-11-18(24)27-13(2)19(25)23-16-7-3-6-15-14(16)5-4-10-21-15/h3-10,13H,11H2,1-2H3,(H,22,26)(H,23,25). The number of benzene rings is 1.